The maximum Gasteiger partial charge on any atom is 0.309 e. The van der Waals surface area contributed by atoms with Crippen molar-refractivity contribution in [2.24, 2.45) is 11.3 Å². The van der Waals surface area contributed by atoms with Crippen LogP contribution in [-0.2, 0) is 17.6 Å². The van der Waals surface area contributed by atoms with E-state index in [2.05, 4.69) is 24.3 Å². The van der Waals surface area contributed by atoms with Crippen LogP contribution in [0.1, 0.15) is 102 Å². The summed E-state index contributed by atoms with van der Waals surface area (Å²) in [5.74, 6) is 0.407. The van der Waals surface area contributed by atoms with Crippen molar-refractivity contribution in [1.82, 2.24) is 0 Å². The van der Waals surface area contributed by atoms with E-state index in [4.69, 9.17) is 5.11 Å². The molecule has 0 atom stereocenters. The Bertz CT molecular complexity index is 557. The molecule has 1 N–H and O–H groups in total. The van der Waals surface area contributed by atoms with E-state index in [0.29, 0.717) is 0 Å². The molecule has 1 aromatic carbocycles. The van der Waals surface area contributed by atoms with Crippen LogP contribution in [0.25, 0.3) is 0 Å². The summed E-state index contributed by atoms with van der Waals surface area (Å²) in [6.45, 7) is 3.66. The van der Waals surface area contributed by atoms with Crippen molar-refractivity contribution >= 4 is 5.97 Å². The topological polar surface area (TPSA) is 37.3 Å². The molecule has 2 nitrogen and oxygen atoms in total. The molecule has 1 aromatic rings. The molecule has 0 unspecified atom stereocenters. The maximum absolute atomic E-state index is 11.1. The van der Waals surface area contributed by atoms with Gasteiger partial charge >= 0.3 is 5.97 Å². The molecule has 0 saturated heterocycles. The highest BCUT2D eigenvalue weighted by Gasteiger charge is 2.25. The first-order valence-electron chi connectivity index (χ1n) is 11.3. The number of aryl methyl sites for hydroxylation is 2. The zero-order chi connectivity index (χ0) is 19.5. The number of carboxylic acid groups (broad SMARTS) is 1. The van der Waals surface area contributed by atoms with E-state index >= 15 is 0 Å². The Labute approximate surface area is 166 Å². The summed E-state index contributed by atoms with van der Waals surface area (Å²) in [6, 6.07) is 8.97. The van der Waals surface area contributed by atoms with Gasteiger partial charge in [0, 0.05) is 0 Å². The van der Waals surface area contributed by atoms with Crippen molar-refractivity contribution in [2.45, 2.75) is 104 Å². The van der Waals surface area contributed by atoms with Crippen LogP contribution in [0, 0.1) is 11.3 Å². The first-order valence-corrected chi connectivity index (χ1v) is 11.3. The van der Waals surface area contributed by atoms with Gasteiger partial charge in [0.2, 0.25) is 0 Å². The molecule has 0 aliphatic heterocycles. The maximum atomic E-state index is 11.1. The van der Waals surface area contributed by atoms with E-state index in [1.165, 1.54) is 76.2 Å². The van der Waals surface area contributed by atoms with Crippen LogP contribution in [0.4, 0.5) is 0 Å². The third kappa shape index (κ3) is 8.95. The second-order valence-electron chi connectivity index (χ2n) is 9.27. The summed E-state index contributed by atoms with van der Waals surface area (Å²) in [4.78, 5) is 11.1. The largest absolute Gasteiger partial charge is 0.481 e. The van der Waals surface area contributed by atoms with Gasteiger partial charge in [0.1, 0.15) is 0 Å². The van der Waals surface area contributed by atoms with E-state index in [1.807, 2.05) is 13.8 Å². The standard InChI is InChI=1S/C25H40O2/c1-25(2,24(26)27)20-12-6-5-9-15-23-17-11-10-16-22(23)14-8-4-3-7-13-21-18-19-21/h10-11,16-17,21H,3-9,12-15,18-20H2,1-2H3,(H,26,27). The predicted octanol–water partition coefficient (Wildman–Crippen LogP) is 7.19. The van der Waals surface area contributed by atoms with E-state index < -0.39 is 11.4 Å². The van der Waals surface area contributed by atoms with Crippen LogP contribution in [0.3, 0.4) is 0 Å². The van der Waals surface area contributed by atoms with Gasteiger partial charge in [0.15, 0.2) is 0 Å². The molecule has 0 bridgehead atoms. The first-order chi connectivity index (χ1) is 13.0. The van der Waals surface area contributed by atoms with Crippen LogP contribution >= 0.6 is 0 Å². The summed E-state index contributed by atoms with van der Waals surface area (Å²) >= 11 is 0. The van der Waals surface area contributed by atoms with Gasteiger partial charge in [-0.15, -0.1) is 0 Å². The Morgan fingerprint density at radius 1 is 0.889 bits per heavy atom. The lowest BCUT2D eigenvalue weighted by atomic mass is 9.87. The molecular weight excluding hydrogens is 332 g/mol. The summed E-state index contributed by atoms with van der Waals surface area (Å²) in [5, 5.41) is 9.17. The van der Waals surface area contributed by atoms with Gasteiger partial charge in [-0.25, -0.2) is 0 Å². The average Bonchev–Trinajstić information content (AvgIpc) is 3.46. The number of benzene rings is 1. The Balaban J connectivity index is 1.58. The minimum atomic E-state index is -0.677. The minimum Gasteiger partial charge on any atom is -0.481 e. The zero-order valence-corrected chi connectivity index (χ0v) is 17.6. The lowest BCUT2D eigenvalue weighted by molar-refractivity contribution is -0.147. The summed E-state index contributed by atoms with van der Waals surface area (Å²) < 4.78 is 0. The quantitative estimate of drug-likeness (QED) is 0.331. The fraction of sp³-hybridized carbons (Fsp3) is 0.720. The minimum absolute atomic E-state index is 0.578. The Morgan fingerprint density at radius 3 is 1.93 bits per heavy atom. The number of aliphatic carboxylic acids is 1. The van der Waals surface area contributed by atoms with Crippen molar-refractivity contribution in [1.29, 1.82) is 0 Å². The molecule has 2 heteroatoms. The molecule has 2 rings (SSSR count). The smallest absolute Gasteiger partial charge is 0.309 e. The third-order valence-corrected chi connectivity index (χ3v) is 6.20. The Morgan fingerprint density at radius 2 is 1.41 bits per heavy atom. The van der Waals surface area contributed by atoms with Crippen LogP contribution < -0.4 is 0 Å². The van der Waals surface area contributed by atoms with Gasteiger partial charge in [-0.1, -0.05) is 82.1 Å². The van der Waals surface area contributed by atoms with Crippen molar-refractivity contribution in [2.75, 3.05) is 0 Å². The molecule has 27 heavy (non-hydrogen) atoms. The number of rotatable bonds is 15. The summed E-state index contributed by atoms with van der Waals surface area (Å²) in [5.41, 5.74) is 2.50. The first kappa shape index (κ1) is 22.0. The molecule has 0 radical (unpaired) electrons. The highest BCUT2D eigenvalue weighted by Crippen LogP contribution is 2.34. The van der Waals surface area contributed by atoms with Gasteiger partial charge < -0.3 is 5.11 Å². The van der Waals surface area contributed by atoms with E-state index in [9.17, 15) is 4.79 Å². The van der Waals surface area contributed by atoms with Crippen molar-refractivity contribution in [3.63, 3.8) is 0 Å². The highest BCUT2D eigenvalue weighted by atomic mass is 16.4. The Hall–Kier alpha value is -1.31. The summed E-state index contributed by atoms with van der Waals surface area (Å²) in [7, 11) is 0. The van der Waals surface area contributed by atoms with Gasteiger partial charge in [0.05, 0.1) is 5.41 Å². The number of carboxylic acids is 1. The fourth-order valence-electron chi connectivity index (χ4n) is 3.90. The second kappa shape index (κ2) is 11.5. The molecule has 0 aromatic heterocycles. The van der Waals surface area contributed by atoms with Crippen molar-refractivity contribution < 1.29 is 9.90 Å². The molecule has 0 spiro atoms. The Kier molecular flexibility index (Phi) is 9.38. The van der Waals surface area contributed by atoms with Crippen molar-refractivity contribution in [3.05, 3.63) is 35.4 Å². The lowest BCUT2D eigenvalue weighted by Gasteiger charge is -2.18. The van der Waals surface area contributed by atoms with Gasteiger partial charge in [0.25, 0.3) is 0 Å². The molecule has 0 heterocycles. The van der Waals surface area contributed by atoms with Gasteiger partial charge in [-0.05, 0) is 63.0 Å². The monoisotopic (exact) mass is 372 g/mol. The molecule has 1 fully saturated rings. The molecule has 1 aliphatic rings. The van der Waals surface area contributed by atoms with Gasteiger partial charge in [-0.2, -0.15) is 0 Å². The van der Waals surface area contributed by atoms with Crippen LogP contribution in [-0.4, -0.2) is 11.1 Å². The van der Waals surface area contributed by atoms with Crippen LogP contribution in [0.15, 0.2) is 24.3 Å². The zero-order valence-electron chi connectivity index (χ0n) is 17.6. The molecular formula is C25H40O2. The van der Waals surface area contributed by atoms with Crippen molar-refractivity contribution in [3.8, 4) is 0 Å². The predicted molar refractivity (Wildman–Crippen MR) is 114 cm³/mol. The fourth-order valence-corrected chi connectivity index (χ4v) is 3.90. The number of hydrogen-bond donors (Lipinski definition) is 1. The lowest BCUT2D eigenvalue weighted by Crippen LogP contribution is -2.23. The molecule has 1 saturated carbocycles. The number of hydrogen-bond acceptors (Lipinski definition) is 1. The highest BCUT2D eigenvalue weighted by molar-refractivity contribution is 5.73. The van der Waals surface area contributed by atoms with Gasteiger partial charge in [-0.3, -0.25) is 4.79 Å². The third-order valence-electron chi connectivity index (χ3n) is 6.20. The van der Waals surface area contributed by atoms with E-state index in [1.54, 1.807) is 5.56 Å². The van der Waals surface area contributed by atoms with E-state index in [0.717, 1.165) is 25.2 Å². The normalized spacial score (nSPS) is 14.4. The van der Waals surface area contributed by atoms with Crippen LogP contribution in [0.5, 0.6) is 0 Å². The number of carbonyl (C=O) groups is 1. The SMILES string of the molecule is CC(C)(CCCCCCc1ccccc1CCCCCCC1CC1)C(=O)O. The van der Waals surface area contributed by atoms with Crippen LogP contribution in [0.2, 0.25) is 0 Å². The molecule has 152 valence electrons. The summed E-state index contributed by atoms with van der Waals surface area (Å²) in [6.07, 6.45) is 17.7. The van der Waals surface area contributed by atoms with E-state index in [-0.39, 0.29) is 0 Å². The second-order valence-corrected chi connectivity index (χ2v) is 9.27. The molecule has 0 amide bonds. The molecule has 1 aliphatic carbocycles. The average molecular weight is 373 g/mol. The number of unbranched alkanes of at least 4 members (excludes halogenated alkanes) is 6.